The Balaban J connectivity index is 2.24. The van der Waals surface area contributed by atoms with Crippen molar-refractivity contribution in [2.45, 2.75) is 26.4 Å². The highest BCUT2D eigenvalue weighted by Gasteiger charge is 2.25. The van der Waals surface area contributed by atoms with Crippen LogP contribution in [0.3, 0.4) is 0 Å². The lowest BCUT2D eigenvalue weighted by molar-refractivity contribution is -0.131. The lowest BCUT2D eigenvalue weighted by Crippen LogP contribution is -2.45. The van der Waals surface area contributed by atoms with Gasteiger partial charge in [0.05, 0.1) is 19.1 Å². The Morgan fingerprint density at radius 1 is 1.04 bits per heavy atom. The van der Waals surface area contributed by atoms with E-state index in [9.17, 15) is 13.2 Å². The Morgan fingerprint density at radius 2 is 1.63 bits per heavy atom. The highest BCUT2D eigenvalue weighted by Crippen LogP contribution is 2.22. The van der Waals surface area contributed by atoms with Crippen molar-refractivity contribution in [3.63, 3.8) is 0 Å². The topological polar surface area (TPSA) is 66.9 Å². The smallest absolute Gasteiger partial charge is 0.243 e. The molecular weight excluding hydrogens is 364 g/mol. The van der Waals surface area contributed by atoms with Gasteiger partial charge in [0, 0.05) is 12.6 Å². The number of hydrogen-bond acceptors (Lipinski definition) is 4. The fourth-order valence-corrected chi connectivity index (χ4v) is 3.55. The van der Waals surface area contributed by atoms with Gasteiger partial charge in [-0.3, -0.25) is 9.10 Å². The molecule has 2 rings (SSSR count). The number of ether oxygens (including phenoxy) is 1. The van der Waals surface area contributed by atoms with E-state index in [0.29, 0.717) is 18.0 Å². The predicted octanol–water partition coefficient (Wildman–Crippen LogP) is 2.90. The molecule has 2 aromatic carbocycles. The summed E-state index contributed by atoms with van der Waals surface area (Å²) in [7, 11) is -2.08. The number of carbonyl (C=O) groups excluding carboxylic acids is 1. The number of methoxy groups -OCH3 is 1. The van der Waals surface area contributed by atoms with E-state index in [1.165, 1.54) is 7.11 Å². The Labute approximate surface area is 161 Å². The molecule has 0 saturated heterocycles. The Morgan fingerprint density at radius 3 is 2.11 bits per heavy atom. The van der Waals surface area contributed by atoms with Gasteiger partial charge in [-0.05, 0) is 43.7 Å². The molecule has 27 heavy (non-hydrogen) atoms. The number of hydrogen-bond donors (Lipinski definition) is 0. The molecule has 0 radical (unpaired) electrons. The summed E-state index contributed by atoms with van der Waals surface area (Å²) in [4.78, 5) is 14.6. The molecule has 146 valence electrons. The maximum atomic E-state index is 12.9. The molecule has 0 heterocycles. The summed E-state index contributed by atoms with van der Waals surface area (Å²) in [6.45, 7) is 4.01. The SMILES string of the molecule is COc1ccc(N(CC(=O)N(Cc2ccccc2)C(C)C)S(C)(=O)=O)cc1. The van der Waals surface area contributed by atoms with E-state index in [0.717, 1.165) is 16.1 Å². The van der Waals surface area contributed by atoms with Crippen LogP contribution in [-0.2, 0) is 21.4 Å². The van der Waals surface area contributed by atoms with E-state index >= 15 is 0 Å². The first kappa shape index (κ1) is 20.8. The minimum absolute atomic E-state index is 0.0602. The van der Waals surface area contributed by atoms with Crippen molar-refractivity contribution in [1.29, 1.82) is 0 Å². The molecule has 0 saturated carbocycles. The second-order valence-electron chi connectivity index (χ2n) is 6.57. The normalized spacial score (nSPS) is 11.3. The van der Waals surface area contributed by atoms with Gasteiger partial charge in [0.15, 0.2) is 0 Å². The molecule has 0 unspecified atom stereocenters. The van der Waals surface area contributed by atoms with Crippen LogP contribution in [0, 0.1) is 0 Å². The quantitative estimate of drug-likeness (QED) is 0.695. The number of amides is 1. The molecular formula is C20H26N2O4S. The average Bonchev–Trinajstić information content (AvgIpc) is 2.64. The summed E-state index contributed by atoms with van der Waals surface area (Å²) in [6, 6.07) is 16.2. The largest absolute Gasteiger partial charge is 0.497 e. The number of carbonyl (C=O) groups is 1. The third-order valence-corrected chi connectivity index (χ3v) is 5.32. The molecule has 0 fully saturated rings. The van der Waals surface area contributed by atoms with Crippen LogP contribution in [0.4, 0.5) is 5.69 Å². The molecule has 1 amide bonds. The number of rotatable bonds is 8. The van der Waals surface area contributed by atoms with Crippen molar-refractivity contribution < 1.29 is 17.9 Å². The van der Waals surface area contributed by atoms with Crippen LogP contribution in [0.1, 0.15) is 19.4 Å². The van der Waals surface area contributed by atoms with Crippen LogP contribution in [0.2, 0.25) is 0 Å². The van der Waals surface area contributed by atoms with Crippen LogP contribution < -0.4 is 9.04 Å². The molecule has 0 aliphatic carbocycles. The first-order valence-electron chi connectivity index (χ1n) is 8.67. The molecule has 0 aliphatic rings. The maximum Gasteiger partial charge on any atom is 0.243 e. The fraction of sp³-hybridized carbons (Fsp3) is 0.350. The highest BCUT2D eigenvalue weighted by atomic mass is 32.2. The molecule has 6 nitrogen and oxygen atoms in total. The molecule has 2 aromatic rings. The lowest BCUT2D eigenvalue weighted by atomic mass is 10.2. The van der Waals surface area contributed by atoms with Gasteiger partial charge in [0.25, 0.3) is 0 Å². The molecule has 7 heteroatoms. The van der Waals surface area contributed by atoms with Gasteiger partial charge in [0.1, 0.15) is 12.3 Å². The Hall–Kier alpha value is -2.54. The van der Waals surface area contributed by atoms with Crippen molar-refractivity contribution in [3.05, 3.63) is 60.2 Å². The predicted molar refractivity (Wildman–Crippen MR) is 107 cm³/mol. The summed E-state index contributed by atoms with van der Waals surface area (Å²) in [6.07, 6.45) is 1.10. The lowest BCUT2D eigenvalue weighted by Gasteiger charge is -2.30. The molecule has 0 spiro atoms. The van der Waals surface area contributed by atoms with Gasteiger partial charge >= 0.3 is 0 Å². The number of nitrogens with zero attached hydrogens (tertiary/aromatic N) is 2. The highest BCUT2D eigenvalue weighted by molar-refractivity contribution is 7.92. The van der Waals surface area contributed by atoms with Crippen LogP contribution in [0.15, 0.2) is 54.6 Å². The minimum Gasteiger partial charge on any atom is -0.497 e. The van der Waals surface area contributed by atoms with E-state index in [1.807, 2.05) is 44.2 Å². The summed E-state index contributed by atoms with van der Waals surface area (Å²) < 4.78 is 30.8. The molecule has 0 aliphatic heterocycles. The summed E-state index contributed by atoms with van der Waals surface area (Å²) >= 11 is 0. The van der Waals surface area contributed by atoms with E-state index in [4.69, 9.17) is 4.74 Å². The third-order valence-electron chi connectivity index (χ3n) is 4.18. The molecule has 0 atom stereocenters. The van der Waals surface area contributed by atoms with Gasteiger partial charge in [-0.25, -0.2) is 8.42 Å². The van der Waals surface area contributed by atoms with Crippen LogP contribution in [-0.4, -0.2) is 45.2 Å². The first-order valence-corrected chi connectivity index (χ1v) is 10.5. The van der Waals surface area contributed by atoms with E-state index in [2.05, 4.69) is 0 Å². The molecule has 0 aromatic heterocycles. The van der Waals surface area contributed by atoms with Gasteiger partial charge in [0.2, 0.25) is 15.9 Å². The van der Waals surface area contributed by atoms with Crippen molar-refractivity contribution in [2.24, 2.45) is 0 Å². The zero-order chi connectivity index (χ0) is 20.0. The first-order chi connectivity index (χ1) is 12.7. The van der Waals surface area contributed by atoms with E-state index < -0.39 is 10.0 Å². The number of anilines is 1. The second kappa shape index (κ2) is 8.90. The van der Waals surface area contributed by atoms with Crippen LogP contribution in [0.25, 0.3) is 0 Å². The van der Waals surface area contributed by atoms with E-state index in [1.54, 1.807) is 29.2 Å². The van der Waals surface area contributed by atoms with Crippen molar-refractivity contribution in [1.82, 2.24) is 4.90 Å². The zero-order valence-corrected chi connectivity index (χ0v) is 16.9. The average molecular weight is 391 g/mol. The van der Waals surface area contributed by atoms with E-state index in [-0.39, 0.29) is 18.5 Å². The summed E-state index contributed by atoms with van der Waals surface area (Å²) in [5, 5.41) is 0. The standard InChI is InChI=1S/C20H26N2O4S/c1-16(2)21(14-17-8-6-5-7-9-17)20(23)15-22(27(4,24)25)18-10-12-19(26-3)13-11-18/h5-13,16H,14-15H2,1-4H3. The summed E-state index contributed by atoms with van der Waals surface area (Å²) in [5.74, 6) is 0.363. The fourth-order valence-electron chi connectivity index (χ4n) is 2.70. The van der Waals surface area contributed by atoms with Gasteiger partial charge in [-0.1, -0.05) is 30.3 Å². The van der Waals surface area contributed by atoms with Gasteiger partial charge in [-0.15, -0.1) is 0 Å². The van der Waals surface area contributed by atoms with Crippen LogP contribution >= 0.6 is 0 Å². The molecule has 0 bridgehead atoms. The monoisotopic (exact) mass is 390 g/mol. The Kier molecular flexibility index (Phi) is 6.85. The Bertz CT molecular complexity index is 849. The zero-order valence-electron chi connectivity index (χ0n) is 16.1. The van der Waals surface area contributed by atoms with Crippen molar-refractivity contribution in [3.8, 4) is 5.75 Å². The third kappa shape index (κ3) is 5.72. The van der Waals surface area contributed by atoms with Crippen molar-refractivity contribution in [2.75, 3.05) is 24.2 Å². The summed E-state index contributed by atoms with van der Waals surface area (Å²) in [5.41, 5.74) is 1.42. The van der Waals surface area contributed by atoms with Gasteiger partial charge < -0.3 is 9.64 Å². The van der Waals surface area contributed by atoms with Crippen molar-refractivity contribution >= 4 is 21.6 Å². The minimum atomic E-state index is -3.62. The van der Waals surface area contributed by atoms with Crippen LogP contribution in [0.5, 0.6) is 5.75 Å². The molecule has 0 N–H and O–H groups in total. The number of benzene rings is 2. The maximum absolute atomic E-state index is 12.9. The second-order valence-corrected chi connectivity index (χ2v) is 8.48. The van der Waals surface area contributed by atoms with Gasteiger partial charge in [-0.2, -0.15) is 0 Å². The number of sulfonamides is 1.